The molecule has 1 unspecified atom stereocenters. The van der Waals surface area contributed by atoms with Crippen molar-refractivity contribution in [2.24, 2.45) is 5.92 Å². The van der Waals surface area contributed by atoms with Crippen molar-refractivity contribution in [1.29, 1.82) is 0 Å². The molecule has 7 heteroatoms. The second kappa shape index (κ2) is 21.1. The summed E-state index contributed by atoms with van der Waals surface area (Å²) >= 11 is 0. The van der Waals surface area contributed by atoms with Gasteiger partial charge in [0.05, 0.1) is 18.8 Å². The summed E-state index contributed by atoms with van der Waals surface area (Å²) in [6.45, 7) is 7.85. The van der Waals surface area contributed by atoms with Crippen LogP contribution in [0.1, 0.15) is 124 Å². The molecule has 0 aromatic heterocycles. The lowest BCUT2D eigenvalue weighted by atomic mass is 10.0. The molecular weight excluding hydrogens is 434 g/mol. The summed E-state index contributed by atoms with van der Waals surface area (Å²) in [5.74, 6) is -1.60. The van der Waals surface area contributed by atoms with Gasteiger partial charge in [0, 0.05) is 6.42 Å². The van der Waals surface area contributed by atoms with Crippen LogP contribution in [0.4, 0.5) is 0 Å². The zero-order valence-corrected chi connectivity index (χ0v) is 22.3. The van der Waals surface area contributed by atoms with Gasteiger partial charge in [-0.2, -0.15) is 0 Å². The van der Waals surface area contributed by atoms with E-state index in [1.54, 1.807) is 20.8 Å². The quantitative estimate of drug-likeness (QED) is 0.131. The van der Waals surface area contributed by atoms with Gasteiger partial charge in [0.15, 0.2) is 6.10 Å². The van der Waals surface area contributed by atoms with Crippen LogP contribution in [0, 0.1) is 5.92 Å². The van der Waals surface area contributed by atoms with Gasteiger partial charge in [-0.1, -0.05) is 105 Å². The molecule has 34 heavy (non-hydrogen) atoms. The number of rotatable bonds is 22. The number of nitrogens with one attached hydrogen (secondary N) is 1. The van der Waals surface area contributed by atoms with E-state index >= 15 is 0 Å². The Morgan fingerprint density at radius 3 is 1.68 bits per heavy atom. The highest BCUT2D eigenvalue weighted by Gasteiger charge is 2.31. The Balaban J connectivity index is 3.99. The van der Waals surface area contributed by atoms with Crippen LogP contribution in [0.3, 0.4) is 0 Å². The van der Waals surface area contributed by atoms with E-state index in [0.717, 1.165) is 19.3 Å². The maximum atomic E-state index is 12.4. The first-order valence-corrected chi connectivity index (χ1v) is 13.8. The first-order chi connectivity index (χ1) is 16.2. The predicted octanol–water partition coefficient (Wildman–Crippen LogP) is 4.64. The Morgan fingerprint density at radius 2 is 1.24 bits per heavy atom. The lowest BCUT2D eigenvalue weighted by Crippen LogP contribution is -2.52. The molecular formula is C27H53NO6. The number of unbranched alkanes of at least 4 members (excludes halogenated alkanes) is 12. The first-order valence-electron chi connectivity index (χ1n) is 13.8. The number of ether oxygens (including phenoxy) is 1. The van der Waals surface area contributed by atoms with Crippen LogP contribution in [-0.4, -0.2) is 58.2 Å². The smallest absolute Gasteiger partial charge is 0.328 e. The van der Waals surface area contributed by atoms with Crippen LogP contribution in [0.15, 0.2) is 0 Å². The molecule has 0 aromatic rings. The summed E-state index contributed by atoms with van der Waals surface area (Å²) < 4.78 is 5.35. The molecule has 0 aliphatic carbocycles. The average molecular weight is 488 g/mol. The summed E-state index contributed by atoms with van der Waals surface area (Å²) in [5, 5.41) is 32.0. The molecule has 0 rings (SSSR count). The number of esters is 1. The molecule has 0 saturated heterocycles. The van der Waals surface area contributed by atoms with Crippen molar-refractivity contribution in [2.45, 2.75) is 148 Å². The zero-order valence-electron chi connectivity index (χ0n) is 22.3. The fraction of sp³-hybridized carbons (Fsp3) is 0.926. The van der Waals surface area contributed by atoms with Crippen molar-refractivity contribution in [1.82, 2.24) is 5.32 Å². The maximum absolute atomic E-state index is 12.4. The van der Waals surface area contributed by atoms with E-state index in [2.05, 4.69) is 12.2 Å². The Hall–Kier alpha value is -1.18. The molecule has 0 radical (unpaired) electrons. The molecule has 0 bridgehead atoms. The molecule has 0 spiro atoms. The second-order valence-corrected chi connectivity index (χ2v) is 9.95. The lowest BCUT2D eigenvalue weighted by Gasteiger charge is -2.24. The van der Waals surface area contributed by atoms with Crippen LogP contribution in [0.2, 0.25) is 0 Å². The molecule has 7 nitrogen and oxygen atoms in total. The van der Waals surface area contributed by atoms with Gasteiger partial charge in [-0.25, -0.2) is 4.79 Å². The van der Waals surface area contributed by atoms with Crippen molar-refractivity contribution in [3.05, 3.63) is 0 Å². The molecule has 0 aliphatic heterocycles. The Morgan fingerprint density at radius 1 is 0.765 bits per heavy atom. The molecule has 0 aromatic carbocycles. The van der Waals surface area contributed by atoms with E-state index in [-0.39, 0.29) is 12.3 Å². The summed E-state index contributed by atoms with van der Waals surface area (Å²) in [7, 11) is 0. The number of aliphatic hydroxyl groups excluding tert-OH is 3. The summed E-state index contributed by atoms with van der Waals surface area (Å²) in [6, 6.07) is -0.896. The topological polar surface area (TPSA) is 116 Å². The highest BCUT2D eigenvalue weighted by atomic mass is 16.5. The lowest BCUT2D eigenvalue weighted by molar-refractivity contribution is -0.151. The second-order valence-electron chi connectivity index (χ2n) is 9.95. The fourth-order valence-electron chi connectivity index (χ4n) is 3.87. The number of amides is 1. The van der Waals surface area contributed by atoms with Crippen LogP contribution in [-0.2, 0) is 14.3 Å². The largest absolute Gasteiger partial charge is 0.464 e. The Labute approximate surface area is 208 Å². The van der Waals surface area contributed by atoms with Gasteiger partial charge in [0.25, 0.3) is 5.91 Å². The number of carbonyl (C=O) groups is 2. The summed E-state index contributed by atoms with van der Waals surface area (Å²) in [5.41, 5.74) is 0. The van der Waals surface area contributed by atoms with Crippen molar-refractivity contribution in [2.75, 3.05) is 6.61 Å². The Bertz CT molecular complexity index is 513. The van der Waals surface area contributed by atoms with Crippen molar-refractivity contribution >= 4 is 11.9 Å². The van der Waals surface area contributed by atoms with E-state index in [1.807, 2.05) is 0 Å². The summed E-state index contributed by atoms with van der Waals surface area (Å²) in [6.07, 6.45) is 12.5. The number of hydrogen-bond donors (Lipinski definition) is 4. The molecule has 1 amide bonds. The van der Waals surface area contributed by atoms with Gasteiger partial charge in [-0.05, 0) is 18.8 Å². The van der Waals surface area contributed by atoms with Gasteiger partial charge in [-0.3, -0.25) is 4.79 Å². The monoisotopic (exact) mass is 487 g/mol. The van der Waals surface area contributed by atoms with Crippen LogP contribution >= 0.6 is 0 Å². The summed E-state index contributed by atoms with van der Waals surface area (Å²) in [4.78, 5) is 24.7. The number of hydrogen-bond acceptors (Lipinski definition) is 6. The maximum Gasteiger partial charge on any atom is 0.328 e. The van der Waals surface area contributed by atoms with Crippen LogP contribution < -0.4 is 5.32 Å². The predicted molar refractivity (Wildman–Crippen MR) is 136 cm³/mol. The van der Waals surface area contributed by atoms with Crippen LogP contribution in [0.5, 0.6) is 0 Å². The molecule has 202 valence electrons. The van der Waals surface area contributed by atoms with E-state index in [9.17, 15) is 24.9 Å². The SMILES string of the molecule is CCCCCCCCCCCCCCCOC(=O)C(NC(=O)[C@H](O)[C@@H](O)C[C@H](O)CC)C(C)C. The highest BCUT2D eigenvalue weighted by Crippen LogP contribution is 2.13. The van der Waals surface area contributed by atoms with E-state index in [0.29, 0.717) is 13.0 Å². The molecule has 0 fully saturated rings. The molecule has 0 aliphatic rings. The third kappa shape index (κ3) is 16.4. The Kier molecular flexibility index (Phi) is 20.4. The fourth-order valence-corrected chi connectivity index (χ4v) is 3.87. The normalized spacial score (nSPS) is 15.1. The number of aliphatic hydroxyl groups is 3. The zero-order chi connectivity index (χ0) is 25.8. The minimum atomic E-state index is -1.71. The molecule has 4 N–H and O–H groups in total. The third-order valence-corrected chi connectivity index (χ3v) is 6.33. The van der Waals surface area contributed by atoms with Crippen molar-refractivity contribution < 1.29 is 29.6 Å². The van der Waals surface area contributed by atoms with Gasteiger partial charge >= 0.3 is 5.97 Å². The van der Waals surface area contributed by atoms with Crippen molar-refractivity contribution in [3.63, 3.8) is 0 Å². The first kappa shape index (κ1) is 32.8. The van der Waals surface area contributed by atoms with E-state index in [4.69, 9.17) is 4.74 Å². The minimum absolute atomic E-state index is 0.110. The van der Waals surface area contributed by atoms with Gasteiger partial charge in [0.2, 0.25) is 0 Å². The molecule has 0 heterocycles. The van der Waals surface area contributed by atoms with Crippen molar-refractivity contribution in [3.8, 4) is 0 Å². The van der Waals surface area contributed by atoms with E-state index in [1.165, 1.54) is 64.2 Å². The average Bonchev–Trinajstić information content (AvgIpc) is 2.81. The number of carbonyl (C=O) groups excluding carboxylic acids is 2. The standard InChI is InChI=1S/C27H53NO6/c1-5-7-8-9-10-11-12-13-14-15-16-17-18-19-34-27(33)24(21(3)4)28-26(32)25(31)23(30)20-22(29)6-2/h21-25,29-31H,5-20H2,1-4H3,(H,28,32)/t22-,23+,24?,25-/m1/s1. The highest BCUT2D eigenvalue weighted by molar-refractivity contribution is 5.87. The molecule has 4 atom stereocenters. The minimum Gasteiger partial charge on any atom is -0.464 e. The van der Waals surface area contributed by atoms with E-state index < -0.39 is 36.2 Å². The van der Waals surface area contributed by atoms with Gasteiger partial charge in [0.1, 0.15) is 6.04 Å². The van der Waals surface area contributed by atoms with Crippen LogP contribution in [0.25, 0.3) is 0 Å². The molecule has 0 saturated carbocycles. The van der Waals surface area contributed by atoms with Gasteiger partial charge < -0.3 is 25.4 Å². The van der Waals surface area contributed by atoms with Gasteiger partial charge in [-0.15, -0.1) is 0 Å². The third-order valence-electron chi connectivity index (χ3n) is 6.33.